The fraction of sp³-hybridized carbons (Fsp3) is 0.500. The average Bonchev–Trinajstić information content (AvgIpc) is 2.62. The Kier molecular flexibility index (Phi) is 5.82. The van der Waals surface area contributed by atoms with E-state index in [-0.39, 0.29) is 5.54 Å². The number of piperidine rings is 1. The van der Waals surface area contributed by atoms with Crippen LogP contribution >= 0.6 is 0 Å². The number of anilines is 2. The van der Waals surface area contributed by atoms with Crippen LogP contribution in [0.2, 0.25) is 0 Å². The van der Waals surface area contributed by atoms with Gasteiger partial charge in [0.15, 0.2) is 5.82 Å². The van der Waals surface area contributed by atoms with Crippen molar-refractivity contribution in [3.63, 3.8) is 0 Å². The van der Waals surface area contributed by atoms with Gasteiger partial charge in [-0.15, -0.1) is 0 Å². The molecule has 2 aromatic rings. The SMILES string of the molecule is CN(c1ncccc1NC(C)(C)C)C1CCN(Cc2ccccc2)CC1. The molecular weight excluding hydrogens is 320 g/mol. The predicted molar refractivity (Wildman–Crippen MR) is 111 cm³/mol. The molecule has 0 spiro atoms. The molecule has 1 aromatic carbocycles. The first-order valence-corrected chi connectivity index (χ1v) is 9.65. The van der Waals surface area contributed by atoms with E-state index in [1.807, 2.05) is 12.3 Å². The molecule has 1 aliphatic rings. The maximum absolute atomic E-state index is 4.67. The summed E-state index contributed by atoms with van der Waals surface area (Å²) in [5.41, 5.74) is 2.55. The van der Waals surface area contributed by atoms with Crippen LogP contribution in [-0.4, -0.2) is 41.6 Å². The van der Waals surface area contributed by atoms with Gasteiger partial charge in [-0.1, -0.05) is 30.3 Å². The Balaban J connectivity index is 1.61. The minimum Gasteiger partial charge on any atom is -0.377 e. The number of hydrogen-bond donors (Lipinski definition) is 1. The quantitative estimate of drug-likeness (QED) is 0.864. The normalized spacial score (nSPS) is 16.5. The van der Waals surface area contributed by atoms with Crippen molar-refractivity contribution in [2.75, 3.05) is 30.4 Å². The van der Waals surface area contributed by atoms with Gasteiger partial charge in [0.2, 0.25) is 0 Å². The average molecular weight is 353 g/mol. The van der Waals surface area contributed by atoms with Gasteiger partial charge in [0.1, 0.15) is 0 Å². The highest BCUT2D eigenvalue weighted by Crippen LogP contribution is 2.29. The largest absolute Gasteiger partial charge is 0.377 e. The van der Waals surface area contributed by atoms with Crippen molar-refractivity contribution in [3.05, 3.63) is 54.2 Å². The first kappa shape index (κ1) is 18.7. The highest BCUT2D eigenvalue weighted by molar-refractivity contribution is 5.66. The van der Waals surface area contributed by atoms with Crippen LogP contribution in [0.4, 0.5) is 11.5 Å². The monoisotopic (exact) mass is 352 g/mol. The van der Waals surface area contributed by atoms with E-state index < -0.39 is 0 Å². The molecule has 0 radical (unpaired) electrons. The number of pyridine rings is 1. The fourth-order valence-corrected chi connectivity index (χ4v) is 3.66. The Morgan fingerprint density at radius 2 is 1.77 bits per heavy atom. The number of likely N-dealkylation sites (tertiary alicyclic amines) is 1. The molecule has 26 heavy (non-hydrogen) atoms. The zero-order chi connectivity index (χ0) is 18.6. The van der Waals surface area contributed by atoms with E-state index in [0.717, 1.165) is 31.1 Å². The molecule has 140 valence electrons. The third-order valence-corrected chi connectivity index (χ3v) is 4.98. The highest BCUT2D eigenvalue weighted by Gasteiger charge is 2.25. The Morgan fingerprint density at radius 3 is 2.42 bits per heavy atom. The Morgan fingerprint density at radius 1 is 1.08 bits per heavy atom. The summed E-state index contributed by atoms with van der Waals surface area (Å²) in [6.07, 6.45) is 4.24. The third-order valence-electron chi connectivity index (χ3n) is 4.98. The standard InChI is InChI=1S/C22H32N4/c1-22(2,3)24-20-11-8-14-23-21(20)25(4)19-12-15-26(16-13-19)17-18-9-6-5-7-10-18/h5-11,14,19,24H,12-13,15-17H2,1-4H3. The molecule has 3 rings (SSSR count). The van der Waals surface area contributed by atoms with Crippen molar-refractivity contribution in [2.45, 2.75) is 51.7 Å². The lowest BCUT2D eigenvalue weighted by Gasteiger charge is -2.38. The van der Waals surface area contributed by atoms with Gasteiger partial charge in [0.05, 0.1) is 5.69 Å². The Labute approximate surface area is 158 Å². The van der Waals surface area contributed by atoms with Crippen molar-refractivity contribution >= 4 is 11.5 Å². The number of benzene rings is 1. The van der Waals surface area contributed by atoms with E-state index >= 15 is 0 Å². The molecule has 0 unspecified atom stereocenters. The van der Waals surface area contributed by atoms with Crippen LogP contribution < -0.4 is 10.2 Å². The maximum atomic E-state index is 4.67. The smallest absolute Gasteiger partial charge is 0.151 e. The van der Waals surface area contributed by atoms with Crippen LogP contribution in [0.3, 0.4) is 0 Å². The predicted octanol–water partition coefficient (Wildman–Crippen LogP) is 4.39. The van der Waals surface area contributed by atoms with E-state index in [1.54, 1.807) is 0 Å². The Hall–Kier alpha value is -2.07. The lowest BCUT2D eigenvalue weighted by molar-refractivity contribution is 0.203. The zero-order valence-electron chi connectivity index (χ0n) is 16.6. The van der Waals surface area contributed by atoms with Gasteiger partial charge >= 0.3 is 0 Å². The molecular formula is C22H32N4. The molecule has 1 fully saturated rings. The lowest BCUT2D eigenvalue weighted by Crippen LogP contribution is -2.43. The molecule has 2 heterocycles. The van der Waals surface area contributed by atoms with E-state index in [9.17, 15) is 0 Å². The maximum Gasteiger partial charge on any atom is 0.151 e. The minimum absolute atomic E-state index is 0.0255. The Bertz CT molecular complexity index is 685. The topological polar surface area (TPSA) is 31.4 Å². The molecule has 1 N–H and O–H groups in total. The number of hydrogen-bond acceptors (Lipinski definition) is 4. The number of nitrogens with zero attached hydrogens (tertiary/aromatic N) is 3. The summed E-state index contributed by atoms with van der Waals surface area (Å²) in [6, 6.07) is 15.5. The lowest BCUT2D eigenvalue weighted by atomic mass is 10.0. The molecule has 0 saturated carbocycles. The van der Waals surface area contributed by atoms with Crippen LogP contribution in [0.15, 0.2) is 48.7 Å². The first-order chi connectivity index (χ1) is 12.4. The molecule has 4 nitrogen and oxygen atoms in total. The second kappa shape index (κ2) is 8.09. The van der Waals surface area contributed by atoms with Gasteiger partial charge in [-0.3, -0.25) is 4.90 Å². The van der Waals surface area contributed by atoms with Crippen molar-refractivity contribution in [1.29, 1.82) is 0 Å². The third kappa shape index (κ3) is 4.98. The highest BCUT2D eigenvalue weighted by atomic mass is 15.2. The second-order valence-electron chi connectivity index (χ2n) is 8.35. The van der Waals surface area contributed by atoms with E-state index in [0.29, 0.717) is 6.04 Å². The summed E-state index contributed by atoms with van der Waals surface area (Å²) >= 11 is 0. The fourth-order valence-electron chi connectivity index (χ4n) is 3.66. The van der Waals surface area contributed by atoms with Gasteiger partial charge in [-0.25, -0.2) is 4.98 Å². The van der Waals surface area contributed by atoms with Gasteiger partial charge in [-0.2, -0.15) is 0 Å². The van der Waals surface area contributed by atoms with Gasteiger partial charge < -0.3 is 10.2 Å². The van der Waals surface area contributed by atoms with E-state index in [2.05, 4.69) is 84.3 Å². The van der Waals surface area contributed by atoms with Crippen molar-refractivity contribution in [2.24, 2.45) is 0 Å². The van der Waals surface area contributed by atoms with E-state index in [1.165, 1.54) is 18.4 Å². The van der Waals surface area contributed by atoms with Crippen LogP contribution in [0.5, 0.6) is 0 Å². The van der Waals surface area contributed by atoms with Crippen LogP contribution in [0.1, 0.15) is 39.2 Å². The van der Waals surface area contributed by atoms with Crippen LogP contribution in [0.25, 0.3) is 0 Å². The van der Waals surface area contributed by atoms with Crippen molar-refractivity contribution in [1.82, 2.24) is 9.88 Å². The number of nitrogens with one attached hydrogen (secondary N) is 1. The van der Waals surface area contributed by atoms with Gasteiger partial charge in [0, 0.05) is 44.5 Å². The molecule has 0 aliphatic carbocycles. The first-order valence-electron chi connectivity index (χ1n) is 9.65. The summed E-state index contributed by atoms with van der Waals surface area (Å²) in [6.45, 7) is 9.89. The summed E-state index contributed by atoms with van der Waals surface area (Å²) in [5.74, 6) is 1.06. The molecule has 4 heteroatoms. The van der Waals surface area contributed by atoms with Crippen LogP contribution in [0, 0.1) is 0 Å². The summed E-state index contributed by atoms with van der Waals surface area (Å²) in [5, 5.41) is 3.60. The molecule has 0 amide bonds. The number of rotatable bonds is 5. The minimum atomic E-state index is 0.0255. The molecule has 0 atom stereocenters. The van der Waals surface area contributed by atoms with Gasteiger partial charge in [0.25, 0.3) is 0 Å². The number of aromatic nitrogens is 1. The summed E-state index contributed by atoms with van der Waals surface area (Å²) < 4.78 is 0. The van der Waals surface area contributed by atoms with Crippen LogP contribution in [-0.2, 0) is 6.54 Å². The molecule has 1 aliphatic heterocycles. The van der Waals surface area contributed by atoms with Crippen molar-refractivity contribution < 1.29 is 0 Å². The molecule has 0 bridgehead atoms. The second-order valence-corrected chi connectivity index (χ2v) is 8.35. The van der Waals surface area contributed by atoms with E-state index in [4.69, 9.17) is 0 Å². The zero-order valence-corrected chi connectivity index (χ0v) is 16.6. The summed E-state index contributed by atoms with van der Waals surface area (Å²) in [4.78, 5) is 9.61. The van der Waals surface area contributed by atoms with Crippen molar-refractivity contribution in [3.8, 4) is 0 Å². The van der Waals surface area contributed by atoms with Gasteiger partial charge in [-0.05, 0) is 51.3 Å². The molecule has 1 saturated heterocycles. The summed E-state index contributed by atoms with van der Waals surface area (Å²) in [7, 11) is 2.19. The molecule has 1 aromatic heterocycles.